The molecule has 1 aliphatic heterocycles. The van der Waals surface area contributed by atoms with Crippen LogP contribution in [-0.4, -0.2) is 94.2 Å². The summed E-state index contributed by atoms with van der Waals surface area (Å²) in [7, 11) is 3.18. The number of benzene rings is 3. The molecule has 0 atom stereocenters. The molecule has 11 nitrogen and oxygen atoms in total. The van der Waals surface area contributed by atoms with E-state index in [1.807, 2.05) is 24.3 Å². The van der Waals surface area contributed by atoms with Gasteiger partial charge in [0.1, 0.15) is 17.3 Å². The van der Waals surface area contributed by atoms with E-state index in [2.05, 4.69) is 56.9 Å². The molecule has 11 heteroatoms. The lowest BCUT2D eigenvalue weighted by molar-refractivity contribution is -0.134. The van der Waals surface area contributed by atoms with Gasteiger partial charge in [-0.2, -0.15) is 0 Å². The van der Waals surface area contributed by atoms with Crippen LogP contribution in [0, 0.1) is 0 Å². The number of ether oxygens (including phenoxy) is 2. The smallest absolute Gasteiger partial charge is 0.328 e. The number of imidazole rings is 1. The molecule has 47 heavy (non-hydrogen) atoms. The first-order valence-electron chi connectivity index (χ1n) is 15.3. The van der Waals surface area contributed by atoms with Crippen molar-refractivity contribution in [3.05, 3.63) is 108 Å². The van der Waals surface area contributed by atoms with E-state index >= 15 is 0 Å². The Balaban J connectivity index is 0.000000555. The quantitative estimate of drug-likeness (QED) is 0.154. The number of rotatable bonds is 13. The summed E-state index contributed by atoms with van der Waals surface area (Å²) >= 11 is 0. The third-order valence-corrected chi connectivity index (χ3v) is 7.68. The van der Waals surface area contributed by atoms with Gasteiger partial charge in [-0.25, -0.2) is 14.6 Å². The molecule has 0 aliphatic carbocycles. The number of aromatic nitrogens is 2. The first-order chi connectivity index (χ1) is 22.8. The minimum atomic E-state index is -1.26. The highest BCUT2D eigenvalue weighted by atomic mass is 16.5. The second-order valence-corrected chi connectivity index (χ2v) is 10.8. The monoisotopic (exact) mass is 640 g/mol. The zero-order valence-electron chi connectivity index (χ0n) is 26.6. The van der Waals surface area contributed by atoms with Crippen molar-refractivity contribution in [1.82, 2.24) is 19.4 Å². The summed E-state index contributed by atoms with van der Waals surface area (Å²) in [6.07, 6.45) is 5.92. The fourth-order valence-electron chi connectivity index (χ4n) is 5.25. The third-order valence-electron chi connectivity index (χ3n) is 7.68. The van der Waals surface area contributed by atoms with E-state index in [0.717, 1.165) is 56.1 Å². The predicted octanol–water partition coefficient (Wildman–Crippen LogP) is 4.87. The maximum Gasteiger partial charge on any atom is 0.328 e. The molecular weight excluding hydrogens is 600 g/mol. The number of Topliss-reactive ketones (excluding diaryl/α,β-unsaturated/α-hetero) is 1. The predicted molar refractivity (Wildman–Crippen MR) is 180 cm³/mol. The number of aliphatic carboxylic acids is 2. The van der Waals surface area contributed by atoms with Crippen LogP contribution < -0.4 is 9.47 Å². The Morgan fingerprint density at radius 1 is 0.830 bits per heavy atom. The standard InChI is InChI=1S/C32H36N4O3.C4H4O4/c1-38-26-14-15-27(31(23-26)39-2)30(37)16-18-36-29-13-7-6-12-28(29)33-32(36)24-35-21-19-34(20-22-35)17-8-11-25-9-4-3-5-10-25;5-3(6)1-2-4(7)8/h3-15,23H,16-22,24H2,1-2H3;1-2H,(H,5,6)(H,7,8)/b11-8+;2-1-. The zero-order chi connectivity index (χ0) is 33.6. The first-order valence-corrected chi connectivity index (χ1v) is 15.3. The van der Waals surface area contributed by atoms with Gasteiger partial charge in [0.25, 0.3) is 0 Å². The Morgan fingerprint density at radius 2 is 1.49 bits per heavy atom. The molecule has 1 aromatic heterocycles. The lowest BCUT2D eigenvalue weighted by Gasteiger charge is -2.34. The number of nitrogens with zero attached hydrogens (tertiary/aromatic N) is 4. The summed E-state index contributed by atoms with van der Waals surface area (Å²) < 4.78 is 12.9. The number of carboxylic acid groups (broad SMARTS) is 2. The topological polar surface area (TPSA) is 134 Å². The molecule has 0 unspecified atom stereocenters. The third kappa shape index (κ3) is 10.4. The highest BCUT2D eigenvalue weighted by Crippen LogP contribution is 2.26. The number of carbonyl (C=O) groups is 3. The van der Waals surface area contributed by atoms with Crippen LogP contribution in [-0.2, 0) is 22.7 Å². The summed E-state index contributed by atoms with van der Waals surface area (Å²) in [6.45, 7) is 6.31. The lowest BCUT2D eigenvalue weighted by Crippen LogP contribution is -2.46. The van der Waals surface area contributed by atoms with Gasteiger partial charge in [-0.3, -0.25) is 14.6 Å². The van der Waals surface area contributed by atoms with E-state index in [1.165, 1.54) is 5.56 Å². The zero-order valence-corrected chi connectivity index (χ0v) is 26.6. The van der Waals surface area contributed by atoms with E-state index in [1.54, 1.807) is 32.4 Å². The summed E-state index contributed by atoms with van der Waals surface area (Å²) in [6, 6.07) is 23.9. The van der Waals surface area contributed by atoms with Gasteiger partial charge in [0.2, 0.25) is 0 Å². The maximum atomic E-state index is 13.2. The van der Waals surface area contributed by atoms with Gasteiger partial charge in [0.15, 0.2) is 5.78 Å². The number of hydrogen-bond acceptors (Lipinski definition) is 8. The molecule has 246 valence electrons. The Bertz CT molecular complexity index is 1690. The first kappa shape index (κ1) is 34.6. The minimum Gasteiger partial charge on any atom is -0.497 e. The minimum absolute atomic E-state index is 0.0374. The summed E-state index contributed by atoms with van der Waals surface area (Å²) in [5.74, 6) is -0.275. The van der Waals surface area contributed by atoms with Crippen LogP contribution in [0.3, 0.4) is 0 Å². The van der Waals surface area contributed by atoms with Crippen molar-refractivity contribution in [2.24, 2.45) is 0 Å². The normalized spacial score (nSPS) is 13.8. The van der Waals surface area contributed by atoms with Crippen LogP contribution in [0.5, 0.6) is 11.5 Å². The van der Waals surface area contributed by atoms with Crippen LogP contribution in [0.1, 0.15) is 28.2 Å². The van der Waals surface area contributed by atoms with Crippen LogP contribution in [0.4, 0.5) is 0 Å². The van der Waals surface area contributed by atoms with E-state index in [0.29, 0.717) is 42.2 Å². The van der Waals surface area contributed by atoms with Crippen molar-refractivity contribution in [3.8, 4) is 11.5 Å². The molecule has 2 heterocycles. The number of ketones is 1. The van der Waals surface area contributed by atoms with Crippen molar-refractivity contribution in [2.75, 3.05) is 46.9 Å². The van der Waals surface area contributed by atoms with Crippen LogP contribution in [0.25, 0.3) is 17.1 Å². The average Bonchev–Trinajstić information content (AvgIpc) is 3.44. The highest BCUT2D eigenvalue weighted by molar-refractivity contribution is 5.99. The van der Waals surface area contributed by atoms with Gasteiger partial charge < -0.3 is 24.3 Å². The van der Waals surface area contributed by atoms with E-state index in [9.17, 15) is 14.4 Å². The number of hydrogen-bond donors (Lipinski definition) is 2. The molecule has 4 aromatic rings. The van der Waals surface area contributed by atoms with Crippen LogP contribution in [0.2, 0.25) is 0 Å². The van der Waals surface area contributed by atoms with E-state index in [-0.39, 0.29) is 5.78 Å². The second-order valence-electron chi connectivity index (χ2n) is 10.8. The molecule has 2 N–H and O–H groups in total. The number of carbonyl (C=O) groups excluding carboxylic acids is 1. The van der Waals surface area contributed by atoms with Gasteiger partial charge in [-0.05, 0) is 29.8 Å². The van der Waals surface area contributed by atoms with Gasteiger partial charge in [0.05, 0.1) is 37.4 Å². The second kappa shape index (κ2) is 17.4. The SMILES string of the molecule is COc1ccc(C(=O)CCn2c(CN3CCN(C/C=C/c4ccccc4)CC3)nc3ccccc32)c(OC)c1.O=C(O)/C=C\C(=O)O. The molecule has 5 rings (SSSR count). The molecular formula is C36H40N4O7. The maximum absolute atomic E-state index is 13.2. The highest BCUT2D eigenvalue weighted by Gasteiger charge is 2.20. The summed E-state index contributed by atoms with van der Waals surface area (Å²) in [5.41, 5.74) is 3.83. The number of fused-ring (bicyclic) bond motifs is 1. The Morgan fingerprint density at radius 3 is 2.15 bits per heavy atom. The average molecular weight is 641 g/mol. The van der Waals surface area contributed by atoms with Crippen molar-refractivity contribution in [3.63, 3.8) is 0 Å². The number of carboxylic acids is 2. The van der Waals surface area contributed by atoms with Gasteiger partial charge in [0, 0.05) is 63.9 Å². The number of methoxy groups -OCH3 is 2. The molecule has 0 bridgehead atoms. The van der Waals surface area contributed by atoms with Gasteiger partial charge >= 0.3 is 11.9 Å². The Labute approximate surface area is 274 Å². The molecule has 1 aliphatic rings. The molecule has 3 aromatic carbocycles. The van der Waals surface area contributed by atoms with Gasteiger partial charge in [-0.15, -0.1) is 0 Å². The fraction of sp³-hybridized carbons (Fsp3) is 0.278. The van der Waals surface area contributed by atoms with Gasteiger partial charge in [-0.1, -0.05) is 54.6 Å². The summed E-state index contributed by atoms with van der Waals surface area (Å²) in [5, 5.41) is 15.6. The number of piperazine rings is 1. The van der Waals surface area contributed by atoms with Crippen LogP contribution in [0.15, 0.2) is 91.0 Å². The number of para-hydroxylation sites is 2. The van der Waals surface area contributed by atoms with E-state index in [4.69, 9.17) is 24.7 Å². The fourth-order valence-corrected chi connectivity index (χ4v) is 5.25. The summed E-state index contributed by atoms with van der Waals surface area (Å²) in [4.78, 5) is 42.2. The molecule has 1 fully saturated rings. The van der Waals surface area contributed by atoms with Crippen molar-refractivity contribution >= 4 is 34.8 Å². The molecule has 1 saturated heterocycles. The molecule has 0 amide bonds. The number of aryl methyl sites for hydroxylation is 1. The molecule has 0 radical (unpaired) electrons. The lowest BCUT2D eigenvalue weighted by atomic mass is 10.1. The Hall–Kier alpha value is -5.26. The van der Waals surface area contributed by atoms with Crippen molar-refractivity contribution in [2.45, 2.75) is 19.5 Å². The Kier molecular flexibility index (Phi) is 12.8. The van der Waals surface area contributed by atoms with Crippen molar-refractivity contribution in [1.29, 1.82) is 0 Å². The largest absolute Gasteiger partial charge is 0.497 e. The molecule has 0 spiro atoms. The van der Waals surface area contributed by atoms with E-state index < -0.39 is 11.9 Å². The van der Waals surface area contributed by atoms with Crippen molar-refractivity contribution < 1.29 is 34.1 Å². The molecule has 0 saturated carbocycles. The van der Waals surface area contributed by atoms with Crippen LogP contribution >= 0.6 is 0 Å².